The zero-order valence-corrected chi connectivity index (χ0v) is 14.2. The minimum atomic E-state index is 0.176. The summed E-state index contributed by atoms with van der Waals surface area (Å²) in [5.41, 5.74) is 6.26. The molecule has 1 heterocycles. The van der Waals surface area contributed by atoms with Crippen molar-refractivity contribution in [3.63, 3.8) is 0 Å². The lowest BCUT2D eigenvalue weighted by molar-refractivity contribution is 0.415. The molecule has 118 valence electrons. The van der Waals surface area contributed by atoms with Gasteiger partial charge in [-0.05, 0) is 52.4 Å². The Labute approximate surface area is 138 Å². The molecule has 0 aliphatic carbocycles. The van der Waals surface area contributed by atoms with Crippen molar-refractivity contribution in [3.05, 3.63) is 66.4 Å². The summed E-state index contributed by atoms with van der Waals surface area (Å²) >= 11 is 0. The quantitative estimate of drug-likeness (QED) is 0.664. The van der Waals surface area contributed by atoms with E-state index in [1.807, 2.05) is 18.3 Å². The molecule has 3 aromatic rings. The molecule has 1 aromatic heterocycles. The lowest BCUT2D eigenvalue weighted by Crippen LogP contribution is -2.10. The van der Waals surface area contributed by atoms with Gasteiger partial charge in [-0.2, -0.15) is 0 Å². The van der Waals surface area contributed by atoms with E-state index in [1.54, 1.807) is 7.11 Å². The van der Waals surface area contributed by atoms with Crippen LogP contribution in [0.3, 0.4) is 0 Å². The van der Waals surface area contributed by atoms with Crippen LogP contribution in [0.2, 0.25) is 0 Å². The van der Waals surface area contributed by atoms with Crippen LogP contribution in [0.15, 0.2) is 60.8 Å². The van der Waals surface area contributed by atoms with Crippen LogP contribution in [-0.4, -0.2) is 12.1 Å². The highest BCUT2D eigenvalue weighted by molar-refractivity contribution is 5.81. The topological polar surface area (TPSA) is 25.0 Å². The second-order valence-electron chi connectivity index (χ2n) is 6.82. The standard InChI is InChI=1S/C21H23NO/c1-21(2,3)17-9-5-15(6-10-17)19-13-14-22-20(19)16-7-11-18(23-4)12-8-16/h5-14,22H,1-4H3. The van der Waals surface area contributed by atoms with Gasteiger partial charge < -0.3 is 9.72 Å². The van der Waals surface area contributed by atoms with Crippen LogP contribution in [-0.2, 0) is 5.41 Å². The number of H-pyrrole nitrogens is 1. The summed E-state index contributed by atoms with van der Waals surface area (Å²) in [5.74, 6) is 0.872. The lowest BCUT2D eigenvalue weighted by atomic mass is 9.86. The number of ether oxygens (including phenoxy) is 1. The average Bonchev–Trinajstić information content (AvgIpc) is 3.04. The van der Waals surface area contributed by atoms with E-state index in [0.717, 1.165) is 17.0 Å². The minimum absolute atomic E-state index is 0.176. The molecule has 0 atom stereocenters. The molecule has 0 amide bonds. The van der Waals surface area contributed by atoms with Crippen molar-refractivity contribution in [3.8, 4) is 28.1 Å². The highest BCUT2D eigenvalue weighted by Crippen LogP contribution is 2.33. The number of rotatable bonds is 3. The third-order valence-electron chi connectivity index (χ3n) is 4.19. The molecule has 2 aromatic carbocycles. The number of hydrogen-bond donors (Lipinski definition) is 1. The normalized spacial score (nSPS) is 11.5. The molecule has 0 aliphatic heterocycles. The first kappa shape index (κ1) is 15.4. The highest BCUT2D eigenvalue weighted by atomic mass is 16.5. The van der Waals surface area contributed by atoms with E-state index in [1.165, 1.54) is 16.7 Å². The van der Waals surface area contributed by atoms with Crippen molar-refractivity contribution >= 4 is 0 Å². The Morgan fingerprint density at radius 2 is 1.39 bits per heavy atom. The van der Waals surface area contributed by atoms with Gasteiger partial charge in [-0.25, -0.2) is 0 Å². The molecule has 0 saturated carbocycles. The van der Waals surface area contributed by atoms with Gasteiger partial charge in [0, 0.05) is 11.8 Å². The summed E-state index contributed by atoms with van der Waals surface area (Å²) in [6, 6.07) is 19.1. The number of nitrogens with one attached hydrogen (secondary N) is 1. The lowest BCUT2D eigenvalue weighted by Gasteiger charge is -2.19. The van der Waals surface area contributed by atoms with Crippen LogP contribution in [0.1, 0.15) is 26.3 Å². The third kappa shape index (κ3) is 3.16. The first-order valence-electron chi connectivity index (χ1n) is 7.92. The van der Waals surface area contributed by atoms with Crippen LogP contribution in [0, 0.1) is 0 Å². The Hall–Kier alpha value is -2.48. The van der Waals surface area contributed by atoms with Crippen molar-refractivity contribution in [2.24, 2.45) is 0 Å². The van der Waals surface area contributed by atoms with Gasteiger partial charge >= 0.3 is 0 Å². The molecule has 0 spiro atoms. The van der Waals surface area contributed by atoms with E-state index in [0.29, 0.717) is 0 Å². The maximum atomic E-state index is 5.24. The number of aromatic amines is 1. The predicted molar refractivity (Wildman–Crippen MR) is 96.9 cm³/mol. The van der Waals surface area contributed by atoms with E-state index < -0.39 is 0 Å². The van der Waals surface area contributed by atoms with E-state index in [9.17, 15) is 0 Å². The van der Waals surface area contributed by atoms with Crippen molar-refractivity contribution in [1.29, 1.82) is 0 Å². The van der Waals surface area contributed by atoms with Gasteiger partial charge in [0.25, 0.3) is 0 Å². The van der Waals surface area contributed by atoms with E-state index in [-0.39, 0.29) is 5.41 Å². The molecule has 0 aliphatic rings. The largest absolute Gasteiger partial charge is 0.497 e. The van der Waals surface area contributed by atoms with Crippen molar-refractivity contribution in [2.75, 3.05) is 7.11 Å². The van der Waals surface area contributed by atoms with Crippen LogP contribution >= 0.6 is 0 Å². The predicted octanol–water partition coefficient (Wildman–Crippen LogP) is 5.65. The number of aromatic nitrogens is 1. The number of methoxy groups -OCH3 is 1. The van der Waals surface area contributed by atoms with Crippen LogP contribution < -0.4 is 4.74 Å². The Kier molecular flexibility index (Phi) is 3.99. The van der Waals surface area contributed by atoms with Crippen molar-refractivity contribution < 1.29 is 4.74 Å². The second-order valence-corrected chi connectivity index (χ2v) is 6.82. The van der Waals surface area contributed by atoms with Gasteiger partial charge in [0.2, 0.25) is 0 Å². The van der Waals surface area contributed by atoms with Gasteiger partial charge in [0.15, 0.2) is 0 Å². The Morgan fingerprint density at radius 1 is 0.783 bits per heavy atom. The van der Waals surface area contributed by atoms with E-state index >= 15 is 0 Å². The van der Waals surface area contributed by atoms with E-state index in [2.05, 4.69) is 68.2 Å². The van der Waals surface area contributed by atoms with Gasteiger partial charge in [-0.1, -0.05) is 45.0 Å². The summed E-state index contributed by atoms with van der Waals surface area (Å²) in [7, 11) is 1.69. The Bertz CT molecular complexity index is 774. The average molecular weight is 305 g/mol. The Balaban J connectivity index is 1.97. The van der Waals surface area contributed by atoms with Crippen molar-refractivity contribution in [2.45, 2.75) is 26.2 Å². The molecule has 2 nitrogen and oxygen atoms in total. The van der Waals surface area contributed by atoms with Gasteiger partial charge in [0.1, 0.15) is 5.75 Å². The van der Waals surface area contributed by atoms with Crippen LogP contribution in [0.4, 0.5) is 0 Å². The molecule has 3 rings (SSSR count). The summed E-state index contributed by atoms with van der Waals surface area (Å²) in [6.45, 7) is 6.71. The molecular formula is C21H23NO. The zero-order chi connectivity index (χ0) is 16.4. The first-order chi connectivity index (χ1) is 11.0. The summed E-state index contributed by atoms with van der Waals surface area (Å²) in [5, 5.41) is 0. The molecule has 0 unspecified atom stereocenters. The summed E-state index contributed by atoms with van der Waals surface area (Å²) < 4.78 is 5.24. The molecular weight excluding hydrogens is 282 g/mol. The molecule has 0 bridgehead atoms. The fourth-order valence-corrected chi connectivity index (χ4v) is 2.76. The van der Waals surface area contributed by atoms with Gasteiger partial charge in [-0.3, -0.25) is 0 Å². The monoisotopic (exact) mass is 305 g/mol. The fraction of sp³-hybridized carbons (Fsp3) is 0.238. The first-order valence-corrected chi connectivity index (χ1v) is 7.92. The maximum Gasteiger partial charge on any atom is 0.118 e. The smallest absolute Gasteiger partial charge is 0.118 e. The number of benzene rings is 2. The van der Waals surface area contributed by atoms with Crippen LogP contribution in [0.25, 0.3) is 22.4 Å². The van der Waals surface area contributed by atoms with Gasteiger partial charge in [0.05, 0.1) is 12.8 Å². The molecule has 0 radical (unpaired) electrons. The minimum Gasteiger partial charge on any atom is -0.497 e. The molecule has 23 heavy (non-hydrogen) atoms. The Morgan fingerprint density at radius 3 is 1.96 bits per heavy atom. The SMILES string of the molecule is COc1ccc(-c2[nH]ccc2-c2ccc(C(C)(C)C)cc2)cc1. The summed E-state index contributed by atoms with van der Waals surface area (Å²) in [6.07, 6.45) is 1.99. The highest BCUT2D eigenvalue weighted by Gasteiger charge is 2.14. The van der Waals surface area contributed by atoms with Gasteiger partial charge in [-0.15, -0.1) is 0 Å². The van der Waals surface area contributed by atoms with E-state index in [4.69, 9.17) is 4.74 Å². The van der Waals surface area contributed by atoms with Crippen molar-refractivity contribution in [1.82, 2.24) is 4.98 Å². The zero-order valence-electron chi connectivity index (χ0n) is 14.2. The second kappa shape index (κ2) is 5.96. The summed E-state index contributed by atoms with van der Waals surface area (Å²) in [4.78, 5) is 3.36. The number of hydrogen-bond acceptors (Lipinski definition) is 1. The van der Waals surface area contributed by atoms with Crippen LogP contribution in [0.5, 0.6) is 5.75 Å². The fourth-order valence-electron chi connectivity index (χ4n) is 2.76. The molecule has 1 N–H and O–H groups in total. The molecule has 0 fully saturated rings. The third-order valence-corrected chi connectivity index (χ3v) is 4.19. The maximum absolute atomic E-state index is 5.24. The molecule has 0 saturated heterocycles. The molecule has 2 heteroatoms.